The van der Waals surface area contributed by atoms with Crippen molar-refractivity contribution in [3.05, 3.63) is 12.4 Å². The van der Waals surface area contributed by atoms with E-state index in [1.54, 1.807) is 0 Å². The van der Waals surface area contributed by atoms with Crippen molar-refractivity contribution >= 4 is 0 Å². The Labute approximate surface area is 178 Å². The first-order valence-corrected chi connectivity index (χ1v) is 13.0. The molecule has 2 heteroatoms. The third-order valence-electron chi connectivity index (χ3n) is 6.32. The van der Waals surface area contributed by atoms with Crippen molar-refractivity contribution < 1.29 is 0 Å². The van der Waals surface area contributed by atoms with Gasteiger partial charge in [-0.25, -0.2) is 0 Å². The molecule has 1 unspecified atom stereocenters. The molecule has 0 amide bonds. The highest BCUT2D eigenvalue weighted by molar-refractivity contribution is 4.96. The fourth-order valence-corrected chi connectivity index (χ4v) is 4.41. The Morgan fingerprint density at radius 3 is 1.21 bits per heavy atom. The molecule has 0 bridgehead atoms. The molecule has 0 saturated carbocycles. The van der Waals surface area contributed by atoms with Gasteiger partial charge in [-0.05, 0) is 25.7 Å². The zero-order chi connectivity index (χ0) is 20.3. The zero-order valence-corrected chi connectivity index (χ0v) is 19.8. The summed E-state index contributed by atoms with van der Waals surface area (Å²) in [7, 11) is 0. The molecule has 0 fully saturated rings. The highest BCUT2D eigenvalue weighted by Crippen LogP contribution is 2.23. The quantitative estimate of drug-likeness (QED) is 0.192. The van der Waals surface area contributed by atoms with Gasteiger partial charge in [0, 0.05) is 25.5 Å². The maximum atomic E-state index is 2.65. The molecule has 1 rings (SSSR count). The van der Waals surface area contributed by atoms with Gasteiger partial charge in [0.2, 0.25) is 0 Å². The van der Waals surface area contributed by atoms with Crippen LogP contribution in [0.5, 0.6) is 0 Å². The molecule has 1 aliphatic rings. The molecular weight excluding hydrogens is 340 g/mol. The van der Waals surface area contributed by atoms with E-state index in [1.165, 1.54) is 129 Å². The van der Waals surface area contributed by atoms with Crippen LogP contribution < -0.4 is 0 Å². The molecule has 0 radical (unpaired) electrons. The molecule has 1 aliphatic heterocycles. The SMILES string of the molecule is CCCCCCCCCCCN1C=CN(CCCCCCCC)C1CCCC. The monoisotopic (exact) mass is 392 g/mol. The van der Waals surface area contributed by atoms with E-state index in [2.05, 4.69) is 43.0 Å². The number of hydrogen-bond acceptors (Lipinski definition) is 2. The minimum Gasteiger partial charge on any atom is -0.356 e. The topological polar surface area (TPSA) is 6.48 Å². The van der Waals surface area contributed by atoms with Crippen LogP contribution in [0.25, 0.3) is 0 Å². The lowest BCUT2D eigenvalue weighted by Crippen LogP contribution is -2.39. The van der Waals surface area contributed by atoms with E-state index in [-0.39, 0.29) is 0 Å². The summed E-state index contributed by atoms with van der Waals surface area (Å²) in [5, 5.41) is 0. The predicted molar refractivity (Wildman–Crippen MR) is 126 cm³/mol. The lowest BCUT2D eigenvalue weighted by molar-refractivity contribution is 0.136. The fourth-order valence-electron chi connectivity index (χ4n) is 4.41. The van der Waals surface area contributed by atoms with E-state index in [4.69, 9.17) is 0 Å². The summed E-state index contributed by atoms with van der Waals surface area (Å²) in [6.07, 6.45) is 30.6. The van der Waals surface area contributed by atoms with Crippen molar-refractivity contribution in [3.8, 4) is 0 Å². The standard InChI is InChI=1S/C26H52N2/c1-4-7-10-12-14-15-16-18-20-23-28-25-24-27(26(28)21-9-6-3)22-19-17-13-11-8-5-2/h24-26H,4-23H2,1-3H3. The van der Waals surface area contributed by atoms with Gasteiger partial charge >= 0.3 is 0 Å². The van der Waals surface area contributed by atoms with Gasteiger partial charge in [-0.3, -0.25) is 0 Å². The lowest BCUT2D eigenvalue weighted by Gasteiger charge is -2.33. The van der Waals surface area contributed by atoms with E-state index >= 15 is 0 Å². The Morgan fingerprint density at radius 2 is 0.821 bits per heavy atom. The minimum absolute atomic E-state index is 0.643. The second kappa shape index (κ2) is 18.4. The Kier molecular flexibility index (Phi) is 16.7. The fraction of sp³-hybridized carbons (Fsp3) is 0.923. The molecule has 2 nitrogen and oxygen atoms in total. The molecule has 166 valence electrons. The van der Waals surface area contributed by atoms with Gasteiger partial charge in [-0.1, -0.05) is 111 Å². The molecule has 0 aromatic heterocycles. The van der Waals surface area contributed by atoms with E-state index < -0.39 is 0 Å². The van der Waals surface area contributed by atoms with Crippen molar-refractivity contribution in [3.63, 3.8) is 0 Å². The number of unbranched alkanes of at least 4 members (excludes halogenated alkanes) is 14. The summed E-state index contributed by atoms with van der Waals surface area (Å²) < 4.78 is 0. The summed E-state index contributed by atoms with van der Waals surface area (Å²) in [6.45, 7) is 9.44. The first-order chi connectivity index (χ1) is 13.8. The van der Waals surface area contributed by atoms with Crippen LogP contribution in [0, 0.1) is 0 Å². The predicted octanol–water partition coefficient (Wildman–Crippen LogP) is 8.48. The largest absolute Gasteiger partial charge is 0.356 e. The molecule has 0 aromatic carbocycles. The van der Waals surface area contributed by atoms with Gasteiger partial charge < -0.3 is 9.80 Å². The molecule has 0 saturated heterocycles. The Bertz CT molecular complexity index is 352. The molecule has 0 N–H and O–H groups in total. The lowest BCUT2D eigenvalue weighted by atomic mass is 10.1. The van der Waals surface area contributed by atoms with Crippen molar-refractivity contribution in [2.75, 3.05) is 13.1 Å². The van der Waals surface area contributed by atoms with Gasteiger partial charge in [0.1, 0.15) is 6.17 Å². The van der Waals surface area contributed by atoms with Gasteiger partial charge in [-0.15, -0.1) is 0 Å². The van der Waals surface area contributed by atoms with Gasteiger partial charge in [0.15, 0.2) is 0 Å². The summed E-state index contributed by atoms with van der Waals surface area (Å²) in [4.78, 5) is 5.29. The Morgan fingerprint density at radius 1 is 0.464 bits per heavy atom. The van der Waals surface area contributed by atoms with Crippen molar-refractivity contribution in [1.29, 1.82) is 0 Å². The van der Waals surface area contributed by atoms with Gasteiger partial charge in [0.25, 0.3) is 0 Å². The van der Waals surface area contributed by atoms with Crippen LogP contribution in [0.4, 0.5) is 0 Å². The first kappa shape index (κ1) is 25.4. The number of rotatable bonds is 20. The molecule has 1 heterocycles. The van der Waals surface area contributed by atoms with Gasteiger partial charge in [-0.2, -0.15) is 0 Å². The third kappa shape index (κ3) is 12.0. The van der Waals surface area contributed by atoms with Gasteiger partial charge in [0.05, 0.1) is 0 Å². The Balaban J connectivity index is 2.16. The first-order valence-electron chi connectivity index (χ1n) is 13.0. The summed E-state index contributed by atoms with van der Waals surface area (Å²) in [5.74, 6) is 0. The maximum Gasteiger partial charge on any atom is 0.101 e. The third-order valence-corrected chi connectivity index (χ3v) is 6.32. The second-order valence-electron chi connectivity index (χ2n) is 8.99. The normalized spacial score (nSPS) is 16.5. The van der Waals surface area contributed by atoms with E-state index in [0.29, 0.717) is 6.17 Å². The van der Waals surface area contributed by atoms with Crippen LogP contribution in [-0.2, 0) is 0 Å². The molecule has 0 aliphatic carbocycles. The van der Waals surface area contributed by atoms with Crippen molar-refractivity contribution in [2.24, 2.45) is 0 Å². The van der Waals surface area contributed by atoms with Crippen LogP contribution in [0.1, 0.15) is 136 Å². The maximum absolute atomic E-state index is 2.65. The van der Waals surface area contributed by atoms with Crippen LogP contribution in [-0.4, -0.2) is 29.1 Å². The highest BCUT2D eigenvalue weighted by atomic mass is 15.4. The van der Waals surface area contributed by atoms with Crippen LogP contribution in [0.2, 0.25) is 0 Å². The van der Waals surface area contributed by atoms with Crippen molar-refractivity contribution in [1.82, 2.24) is 9.80 Å². The molecule has 1 atom stereocenters. The van der Waals surface area contributed by atoms with Crippen LogP contribution >= 0.6 is 0 Å². The second-order valence-corrected chi connectivity index (χ2v) is 8.99. The molecule has 0 spiro atoms. The minimum atomic E-state index is 0.643. The smallest absolute Gasteiger partial charge is 0.101 e. The average molecular weight is 393 g/mol. The molecule has 28 heavy (non-hydrogen) atoms. The van der Waals surface area contributed by atoms with Crippen molar-refractivity contribution in [2.45, 2.75) is 143 Å². The molecule has 0 aromatic rings. The number of nitrogens with zero attached hydrogens (tertiary/aromatic N) is 2. The summed E-state index contributed by atoms with van der Waals surface area (Å²) >= 11 is 0. The highest BCUT2D eigenvalue weighted by Gasteiger charge is 2.24. The van der Waals surface area contributed by atoms with Crippen LogP contribution in [0.3, 0.4) is 0 Å². The average Bonchev–Trinajstić information content (AvgIpc) is 3.09. The number of hydrogen-bond donors (Lipinski definition) is 0. The van der Waals surface area contributed by atoms with E-state index in [9.17, 15) is 0 Å². The molecular formula is C26H52N2. The summed E-state index contributed by atoms with van der Waals surface area (Å²) in [6, 6.07) is 0. The Hall–Kier alpha value is -0.660. The zero-order valence-electron chi connectivity index (χ0n) is 19.8. The van der Waals surface area contributed by atoms with E-state index in [1.807, 2.05) is 0 Å². The summed E-state index contributed by atoms with van der Waals surface area (Å²) in [5.41, 5.74) is 0. The van der Waals surface area contributed by atoms with Crippen LogP contribution in [0.15, 0.2) is 12.4 Å². The van der Waals surface area contributed by atoms with E-state index in [0.717, 1.165) is 0 Å².